The SMILES string of the molecule is CCC/C=C/NC(=NCc1cnc(C(F)(F)F)nc1)c1cc(-c2ccc(Cl)cn2)cnc1C. The molecule has 3 heterocycles. The van der Waals surface area contributed by atoms with Gasteiger partial charge in [-0.3, -0.25) is 15.0 Å². The van der Waals surface area contributed by atoms with Crippen molar-refractivity contribution in [3.8, 4) is 11.3 Å². The Kier molecular flexibility index (Phi) is 8.11. The zero-order valence-electron chi connectivity index (χ0n) is 18.1. The van der Waals surface area contributed by atoms with Gasteiger partial charge < -0.3 is 5.32 Å². The number of nitrogens with one attached hydrogen (secondary N) is 1. The number of nitrogens with zero attached hydrogens (tertiary/aromatic N) is 5. The van der Waals surface area contributed by atoms with Crippen molar-refractivity contribution >= 4 is 17.4 Å². The number of allylic oxidation sites excluding steroid dienone is 1. The number of rotatable bonds is 7. The second-order valence-corrected chi connectivity index (χ2v) is 7.57. The summed E-state index contributed by atoms with van der Waals surface area (Å²) in [5.41, 5.74) is 3.38. The predicted octanol–water partition coefficient (Wildman–Crippen LogP) is 5.76. The van der Waals surface area contributed by atoms with Gasteiger partial charge in [0.25, 0.3) is 0 Å². The van der Waals surface area contributed by atoms with E-state index in [1.807, 2.05) is 19.1 Å². The predicted molar refractivity (Wildman–Crippen MR) is 122 cm³/mol. The van der Waals surface area contributed by atoms with Crippen LogP contribution >= 0.6 is 11.6 Å². The highest BCUT2D eigenvalue weighted by atomic mass is 35.5. The number of pyridine rings is 2. The van der Waals surface area contributed by atoms with E-state index in [0.29, 0.717) is 22.1 Å². The fourth-order valence-electron chi connectivity index (χ4n) is 2.81. The third kappa shape index (κ3) is 6.82. The molecule has 0 unspecified atom stereocenters. The smallest absolute Gasteiger partial charge is 0.347 e. The van der Waals surface area contributed by atoms with Crippen molar-refractivity contribution in [2.75, 3.05) is 0 Å². The van der Waals surface area contributed by atoms with E-state index in [4.69, 9.17) is 11.6 Å². The largest absolute Gasteiger partial charge is 0.451 e. The van der Waals surface area contributed by atoms with Crippen LogP contribution in [0.4, 0.5) is 13.2 Å². The van der Waals surface area contributed by atoms with E-state index < -0.39 is 12.0 Å². The zero-order valence-corrected chi connectivity index (χ0v) is 18.8. The standard InChI is InChI=1S/C23H22ClF3N6/c1-3-4-5-8-28-21(31-10-16-11-32-22(33-12-16)23(25,26)27)19-9-17(13-29-15(19)2)20-7-6-18(24)14-30-20/h5-9,11-14H,3-4,10H2,1-2H3,(H,28,31)/b8-5+. The van der Waals surface area contributed by atoms with Crippen LogP contribution in [0, 0.1) is 6.92 Å². The summed E-state index contributed by atoms with van der Waals surface area (Å²) in [6, 6.07) is 5.44. The van der Waals surface area contributed by atoms with Gasteiger partial charge in [-0.15, -0.1) is 0 Å². The molecular weight excluding hydrogens is 453 g/mol. The van der Waals surface area contributed by atoms with Crippen molar-refractivity contribution in [2.24, 2.45) is 4.99 Å². The summed E-state index contributed by atoms with van der Waals surface area (Å²) in [4.78, 5) is 20.2. The number of aliphatic imine (C=N–C) groups is 1. The van der Waals surface area contributed by atoms with Crippen LogP contribution in [-0.2, 0) is 12.7 Å². The van der Waals surface area contributed by atoms with E-state index in [0.717, 1.165) is 42.1 Å². The van der Waals surface area contributed by atoms with E-state index in [9.17, 15) is 13.2 Å². The van der Waals surface area contributed by atoms with E-state index in [1.54, 1.807) is 30.7 Å². The average molecular weight is 475 g/mol. The summed E-state index contributed by atoms with van der Waals surface area (Å²) >= 11 is 5.94. The second kappa shape index (κ2) is 11.0. The van der Waals surface area contributed by atoms with E-state index >= 15 is 0 Å². The Morgan fingerprint density at radius 2 is 1.85 bits per heavy atom. The molecule has 3 rings (SSSR count). The number of amidine groups is 1. The van der Waals surface area contributed by atoms with Crippen LogP contribution in [0.15, 0.2) is 60.3 Å². The summed E-state index contributed by atoms with van der Waals surface area (Å²) in [7, 11) is 0. The van der Waals surface area contributed by atoms with Crippen molar-refractivity contribution in [1.82, 2.24) is 25.3 Å². The fraction of sp³-hybridized carbons (Fsp3) is 0.261. The molecule has 0 spiro atoms. The molecule has 3 aromatic heterocycles. The van der Waals surface area contributed by atoms with Crippen LogP contribution in [0.3, 0.4) is 0 Å². The molecule has 0 atom stereocenters. The number of hydrogen-bond donors (Lipinski definition) is 1. The van der Waals surface area contributed by atoms with Gasteiger partial charge in [0.2, 0.25) is 5.82 Å². The molecule has 0 fully saturated rings. The van der Waals surface area contributed by atoms with Crippen LogP contribution in [0.25, 0.3) is 11.3 Å². The average Bonchev–Trinajstić information content (AvgIpc) is 2.79. The minimum atomic E-state index is -4.59. The van der Waals surface area contributed by atoms with Crippen LogP contribution < -0.4 is 5.32 Å². The molecule has 10 heteroatoms. The molecule has 0 bridgehead atoms. The number of hydrogen-bond acceptors (Lipinski definition) is 5. The highest BCUT2D eigenvalue weighted by Gasteiger charge is 2.34. The van der Waals surface area contributed by atoms with Gasteiger partial charge in [-0.25, -0.2) is 9.97 Å². The Labute approximate surface area is 194 Å². The number of alkyl halides is 3. The van der Waals surface area contributed by atoms with E-state index in [-0.39, 0.29) is 6.54 Å². The lowest BCUT2D eigenvalue weighted by Gasteiger charge is -2.12. The molecule has 1 N–H and O–H groups in total. The van der Waals surface area contributed by atoms with Gasteiger partial charge in [-0.05, 0) is 37.7 Å². The van der Waals surface area contributed by atoms with Crippen molar-refractivity contribution in [2.45, 2.75) is 39.4 Å². The van der Waals surface area contributed by atoms with Crippen LogP contribution in [0.2, 0.25) is 5.02 Å². The molecule has 0 saturated heterocycles. The summed E-state index contributed by atoms with van der Waals surface area (Å²) < 4.78 is 38.1. The Morgan fingerprint density at radius 3 is 2.48 bits per heavy atom. The van der Waals surface area contributed by atoms with Gasteiger partial charge in [-0.1, -0.05) is 31.0 Å². The Bertz CT molecular complexity index is 1130. The normalized spacial score (nSPS) is 12.4. The minimum absolute atomic E-state index is 0.0882. The first kappa shape index (κ1) is 24.3. The van der Waals surface area contributed by atoms with Crippen molar-refractivity contribution in [1.29, 1.82) is 0 Å². The number of aromatic nitrogens is 4. The third-order valence-electron chi connectivity index (χ3n) is 4.54. The van der Waals surface area contributed by atoms with Crippen molar-refractivity contribution < 1.29 is 13.2 Å². The monoisotopic (exact) mass is 474 g/mol. The lowest BCUT2D eigenvalue weighted by molar-refractivity contribution is -0.145. The summed E-state index contributed by atoms with van der Waals surface area (Å²) in [6.07, 6.45) is 6.59. The van der Waals surface area contributed by atoms with E-state index in [1.165, 1.54) is 0 Å². The maximum Gasteiger partial charge on any atom is 0.451 e. The number of aryl methyl sites for hydroxylation is 1. The Morgan fingerprint density at radius 1 is 1.09 bits per heavy atom. The molecule has 0 saturated carbocycles. The van der Waals surface area contributed by atoms with Gasteiger partial charge in [0.05, 0.1) is 17.3 Å². The summed E-state index contributed by atoms with van der Waals surface area (Å²) in [6.45, 7) is 4.01. The molecule has 6 nitrogen and oxygen atoms in total. The topological polar surface area (TPSA) is 76.0 Å². The molecule has 0 aliphatic heterocycles. The molecule has 0 aliphatic carbocycles. The number of unbranched alkanes of at least 4 members (excludes halogenated alkanes) is 1. The van der Waals surface area contributed by atoms with Gasteiger partial charge >= 0.3 is 6.18 Å². The highest BCUT2D eigenvalue weighted by molar-refractivity contribution is 6.30. The van der Waals surface area contributed by atoms with Crippen LogP contribution in [0.5, 0.6) is 0 Å². The Balaban J connectivity index is 1.93. The molecule has 0 amide bonds. The molecule has 0 aliphatic rings. The van der Waals surface area contributed by atoms with Gasteiger partial charge in [-0.2, -0.15) is 13.2 Å². The van der Waals surface area contributed by atoms with Crippen molar-refractivity contribution in [3.05, 3.63) is 82.9 Å². The summed E-state index contributed by atoms with van der Waals surface area (Å²) in [5, 5.41) is 3.70. The summed E-state index contributed by atoms with van der Waals surface area (Å²) in [5.74, 6) is -0.664. The maximum absolute atomic E-state index is 12.7. The highest BCUT2D eigenvalue weighted by Crippen LogP contribution is 2.25. The zero-order chi connectivity index (χ0) is 23.8. The van der Waals surface area contributed by atoms with Crippen LogP contribution in [0.1, 0.15) is 42.4 Å². The lowest BCUT2D eigenvalue weighted by Crippen LogP contribution is -2.21. The fourth-order valence-corrected chi connectivity index (χ4v) is 2.92. The Hall–Kier alpha value is -3.33. The van der Waals surface area contributed by atoms with Crippen LogP contribution in [-0.4, -0.2) is 25.8 Å². The van der Waals surface area contributed by atoms with Gasteiger partial charge in [0, 0.05) is 47.2 Å². The molecule has 0 aromatic carbocycles. The second-order valence-electron chi connectivity index (χ2n) is 7.13. The van der Waals surface area contributed by atoms with Gasteiger partial charge in [0.1, 0.15) is 5.84 Å². The first-order valence-corrected chi connectivity index (χ1v) is 10.6. The molecule has 0 radical (unpaired) electrons. The third-order valence-corrected chi connectivity index (χ3v) is 4.76. The molecular formula is C23H22ClF3N6. The molecule has 3 aromatic rings. The minimum Gasteiger partial charge on any atom is -0.347 e. The first-order chi connectivity index (χ1) is 15.8. The molecule has 172 valence electrons. The van der Waals surface area contributed by atoms with Gasteiger partial charge in [0.15, 0.2) is 0 Å². The van der Waals surface area contributed by atoms with E-state index in [2.05, 4.69) is 37.2 Å². The molecule has 33 heavy (non-hydrogen) atoms. The van der Waals surface area contributed by atoms with Crippen molar-refractivity contribution in [3.63, 3.8) is 0 Å². The number of halogens is 4. The lowest BCUT2D eigenvalue weighted by atomic mass is 10.1. The maximum atomic E-state index is 12.7. The first-order valence-electron chi connectivity index (χ1n) is 10.2. The quantitative estimate of drug-likeness (QED) is 0.348.